The zero-order valence-corrected chi connectivity index (χ0v) is 10.6. The Labute approximate surface area is 99.0 Å². The van der Waals surface area contributed by atoms with Crippen molar-refractivity contribution in [2.45, 2.75) is 27.7 Å². The van der Waals surface area contributed by atoms with Gasteiger partial charge in [0.15, 0.2) is 0 Å². The highest BCUT2D eigenvalue weighted by Gasteiger charge is 1.97. The minimum absolute atomic E-state index is 1.29. The molecule has 16 heavy (non-hydrogen) atoms. The van der Waals surface area contributed by atoms with Crippen LogP contribution in [0.15, 0.2) is 48.5 Å². The summed E-state index contributed by atoms with van der Waals surface area (Å²) in [6.07, 6.45) is 0. The third kappa shape index (κ3) is 3.23. The van der Waals surface area contributed by atoms with Gasteiger partial charge in [-0.15, -0.1) is 0 Å². The van der Waals surface area contributed by atoms with Crippen molar-refractivity contribution in [3.63, 3.8) is 0 Å². The van der Waals surface area contributed by atoms with E-state index in [4.69, 9.17) is 0 Å². The number of hydrogen-bond donors (Lipinski definition) is 0. The second kappa shape index (κ2) is 6.12. The molecule has 0 unspecified atom stereocenters. The SMILES string of the molecule is CC.Cc1cc(C)cc(-c2ccccc2)c1. The molecule has 0 heterocycles. The maximum absolute atomic E-state index is 2.22. The minimum atomic E-state index is 1.29. The third-order valence-electron chi connectivity index (χ3n) is 2.33. The summed E-state index contributed by atoms with van der Waals surface area (Å²) in [6, 6.07) is 17.1. The Morgan fingerprint density at radius 1 is 0.625 bits per heavy atom. The van der Waals surface area contributed by atoms with Crippen LogP contribution in [-0.2, 0) is 0 Å². The highest BCUT2D eigenvalue weighted by molar-refractivity contribution is 5.64. The first-order valence-electron chi connectivity index (χ1n) is 5.89. The molecule has 0 aliphatic rings. The van der Waals surface area contributed by atoms with E-state index in [0.717, 1.165) is 0 Å². The molecule has 2 aromatic carbocycles. The van der Waals surface area contributed by atoms with E-state index in [1.165, 1.54) is 22.3 Å². The first-order valence-corrected chi connectivity index (χ1v) is 5.89. The van der Waals surface area contributed by atoms with E-state index in [2.05, 4.69) is 56.3 Å². The van der Waals surface area contributed by atoms with E-state index in [9.17, 15) is 0 Å². The second-order valence-electron chi connectivity index (χ2n) is 3.74. The Morgan fingerprint density at radius 3 is 1.62 bits per heavy atom. The molecular formula is C16H20. The second-order valence-corrected chi connectivity index (χ2v) is 3.74. The van der Waals surface area contributed by atoms with Crippen molar-refractivity contribution in [1.29, 1.82) is 0 Å². The lowest BCUT2D eigenvalue weighted by Gasteiger charge is -2.04. The quantitative estimate of drug-likeness (QED) is 0.624. The summed E-state index contributed by atoms with van der Waals surface area (Å²) in [6.45, 7) is 8.28. The molecule has 0 nitrogen and oxygen atoms in total. The Kier molecular flexibility index (Phi) is 4.78. The first-order chi connectivity index (χ1) is 7.75. The fourth-order valence-corrected chi connectivity index (χ4v) is 1.77. The van der Waals surface area contributed by atoms with Crippen molar-refractivity contribution in [3.05, 3.63) is 59.7 Å². The predicted molar refractivity (Wildman–Crippen MR) is 72.7 cm³/mol. The number of aryl methyl sites for hydroxylation is 2. The summed E-state index contributed by atoms with van der Waals surface area (Å²) in [7, 11) is 0. The Hall–Kier alpha value is -1.56. The molecule has 0 amide bonds. The molecule has 0 saturated carbocycles. The van der Waals surface area contributed by atoms with Crippen LogP contribution in [-0.4, -0.2) is 0 Å². The van der Waals surface area contributed by atoms with Gasteiger partial charge >= 0.3 is 0 Å². The molecule has 0 aromatic heterocycles. The molecule has 0 heteroatoms. The van der Waals surface area contributed by atoms with E-state index in [0.29, 0.717) is 0 Å². The van der Waals surface area contributed by atoms with Crippen LogP contribution in [0.25, 0.3) is 11.1 Å². The lowest BCUT2D eigenvalue weighted by Crippen LogP contribution is -1.81. The van der Waals surface area contributed by atoms with Crippen LogP contribution >= 0.6 is 0 Å². The molecule has 0 saturated heterocycles. The summed E-state index contributed by atoms with van der Waals surface area (Å²) in [5, 5.41) is 0. The van der Waals surface area contributed by atoms with E-state index < -0.39 is 0 Å². The van der Waals surface area contributed by atoms with Gasteiger partial charge in [0.2, 0.25) is 0 Å². The summed E-state index contributed by atoms with van der Waals surface area (Å²) >= 11 is 0. The van der Waals surface area contributed by atoms with Gasteiger partial charge in [-0.05, 0) is 25.0 Å². The summed E-state index contributed by atoms with van der Waals surface area (Å²) in [5.74, 6) is 0. The van der Waals surface area contributed by atoms with Gasteiger partial charge in [0.1, 0.15) is 0 Å². The van der Waals surface area contributed by atoms with Crippen LogP contribution < -0.4 is 0 Å². The fourth-order valence-electron chi connectivity index (χ4n) is 1.77. The monoisotopic (exact) mass is 212 g/mol. The van der Waals surface area contributed by atoms with Gasteiger partial charge in [0.05, 0.1) is 0 Å². The van der Waals surface area contributed by atoms with Crippen molar-refractivity contribution >= 4 is 0 Å². The van der Waals surface area contributed by atoms with Crippen LogP contribution in [0.5, 0.6) is 0 Å². The van der Waals surface area contributed by atoms with Gasteiger partial charge in [0.25, 0.3) is 0 Å². The lowest BCUT2D eigenvalue weighted by atomic mass is 10.0. The highest BCUT2D eigenvalue weighted by atomic mass is 14.0. The molecule has 0 aliphatic heterocycles. The Bertz CT molecular complexity index is 407. The van der Waals surface area contributed by atoms with Gasteiger partial charge in [-0.3, -0.25) is 0 Å². The van der Waals surface area contributed by atoms with Crippen molar-refractivity contribution < 1.29 is 0 Å². The fraction of sp³-hybridized carbons (Fsp3) is 0.250. The molecule has 0 aliphatic carbocycles. The highest BCUT2D eigenvalue weighted by Crippen LogP contribution is 2.21. The van der Waals surface area contributed by atoms with Gasteiger partial charge in [0, 0.05) is 0 Å². The molecular weight excluding hydrogens is 192 g/mol. The molecule has 0 N–H and O–H groups in total. The molecule has 0 radical (unpaired) electrons. The maximum atomic E-state index is 2.22. The number of rotatable bonds is 1. The molecule has 2 rings (SSSR count). The zero-order valence-electron chi connectivity index (χ0n) is 10.6. The van der Waals surface area contributed by atoms with Crippen LogP contribution in [0.3, 0.4) is 0 Å². The van der Waals surface area contributed by atoms with E-state index in [1.54, 1.807) is 0 Å². The number of hydrogen-bond acceptors (Lipinski definition) is 0. The zero-order chi connectivity index (χ0) is 12.0. The van der Waals surface area contributed by atoms with E-state index in [-0.39, 0.29) is 0 Å². The molecule has 0 spiro atoms. The third-order valence-corrected chi connectivity index (χ3v) is 2.33. The van der Waals surface area contributed by atoms with Crippen LogP contribution in [0, 0.1) is 13.8 Å². The van der Waals surface area contributed by atoms with Crippen molar-refractivity contribution in [1.82, 2.24) is 0 Å². The smallest absolute Gasteiger partial charge is 0.0179 e. The van der Waals surface area contributed by atoms with Crippen LogP contribution in [0.2, 0.25) is 0 Å². The summed E-state index contributed by atoms with van der Waals surface area (Å²) in [5.41, 5.74) is 5.25. The van der Waals surface area contributed by atoms with Gasteiger partial charge in [-0.1, -0.05) is 73.5 Å². The standard InChI is InChI=1S/C14H14.C2H6/c1-11-8-12(2)10-14(9-11)13-6-4-3-5-7-13;1-2/h3-10H,1-2H3;1-2H3. The maximum Gasteiger partial charge on any atom is -0.0179 e. The lowest BCUT2D eigenvalue weighted by molar-refractivity contribution is 1.38. The van der Waals surface area contributed by atoms with Crippen molar-refractivity contribution in [2.24, 2.45) is 0 Å². The van der Waals surface area contributed by atoms with Crippen molar-refractivity contribution in [2.75, 3.05) is 0 Å². The molecule has 0 fully saturated rings. The van der Waals surface area contributed by atoms with E-state index in [1.807, 2.05) is 19.9 Å². The minimum Gasteiger partial charge on any atom is -0.0683 e. The van der Waals surface area contributed by atoms with Crippen LogP contribution in [0.4, 0.5) is 0 Å². The normalized spacial score (nSPS) is 9.25. The average Bonchev–Trinajstić information content (AvgIpc) is 2.32. The predicted octanol–water partition coefficient (Wildman–Crippen LogP) is 5.00. The Balaban J connectivity index is 0.000000606. The van der Waals surface area contributed by atoms with Gasteiger partial charge in [-0.2, -0.15) is 0 Å². The van der Waals surface area contributed by atoms with Gasteiger partial charge in [-0.25, -0.2) is 0 Å². The van der Waals surface area contributed by atoms with Crippen LogP contribution in [0.1, 0.15) is 25.0 Å². The summed E-state index contributed by atoms with van der Waals surface area (Å²) in [4.78, 5) is 0. The van der Waals surface area contributed by atoms with E-state index >= 15 is 0 Å². The van der Waals surface area contributed by atoms with Crippen molar-refractivity contribution in [3.8, 4) is 11.1 Å². The average molecular weight is 212 g/mol. The Morgan fingerprint density at radius 2 is 1.12 bits per heavy atom. The largest absolute Gasteiger partial charge is 0.0683 e. The molecule has 84 valence electrons. The van der Waals surface area contributed by atoms with Gasteiger partial charge < -0.3 is 0 Å². The molecule has 2 aromatic rings. The summed E-state index contributed by atoms with van der Waals surface area (Å²) < 4.78 is 0. The molecule has 0 bridgehead atoms. The topological polar surface area (TPSA) is 0 Å². The number of benzene rings is 2. The molecule has 0 atom stereocenters. The first kappa shape index (κ1) is 12.5.